The lowest BCUT2D eigenvalue weighted by atomic mass is 10.2. The molecule has 106 valence electrons. The fourth-order valence-electron chi connectivity index (χ4n) is 1.64. The van der Waals surface area contributed by atoms with Crippen LogP contribution in [0, 0.1) is 0 Å². The van der Waals surface area contributed by atoms with Gasteiger partial charge in [-0.05, 0) is 20.3 Å². The summed E-state index contributed by atoms with van der Waals surface area (Å²) in [6.07, 6.45) is 2.52. The number of nitrogens with zero attached hydrogens (tertiary/aromatic N) is 2. The summed E-state index contributed by atoms with van der Waals surface area (Å²) in [5, 5.41) is 0. The molecule has 1 amide bonds. The Hall–Kier alpha value is -1.85. The number of esters is 1. The highest BCUT2D eigenvalue weighted by Gasteiger charge is 2.20. The number of carbonyl (C=O) groups excluding carboxylic acids is 2. The molecule has 19 heavy (non-hydrogen) atoms. The molecular weight excluding hydrogens is 248 g/mol. The molecule has 1 heterocycles. The number of methoxy groups -OCH3 is 1. The Morgan fingerprint density at radius 1 is 1.47 bits per heavy atom. The summed E-state index contributed by atoms with van der Waals surface area (Å²) in [5.41, 5.74) is 0.115. The number of aromatic nitrogens is 1. The minimum atomic E-state index is -0.550. The van der Waals surface area contributed by atoms with E-state index in [1.807, 2.05) is 20.8 Å². The summed E-state index contributed by atoms with van der Waals surface area (Å²) in [6, 6.07) is 0.0486. The van der Waals surface area contributed by atoms with E-state index in [1.54, 1.807) is 4.90 Å². The number of rotatable bonds is 6. The van der Waals surface area contributed by atoms with E-state index in [2.05, 4.69) is 9.72 Å². The number of amides is 1. The van der Waals surface area contributed by atoms with Gasteiger partial charge < -0.3 is 14.1 Å². The molecule has 0 bridgehead atoms. The lowest BCUT2D eigenvalue weighted by Gasteiger charge is -2.25. The number of hydrogen-bond acceptors (Lipinski definition) is 5. The molecule has 0 aromatic carbocycles. The standard InChI is InChI=1S/C13H20N2O4/c1-5-6-12(16)15(9(2)3)7-11-14-10(8-19-11)13(17)18-4/h8-9H,5-7H2,1-4H3. The molecular formula is C13H20N2O4. The predicted molar refractivity (Wildman–Crippen MR) is 68.4 cm³/mol. The van der Waals surface area contributed by atoms with E-state index >= 15 is 0 Å². The lowest BCUT2D eigenvalue weighted by Crippen LogP contribution is -2.36. The van der Waals surface area contributed by atoms with Crippen LogP contribution in [0.25, 0.3) is 0 Å². The second-order valence-corrected chi connectivity index (χ2v) is 4.48. The molecule has 0 fully saturated rings. The first-order valence-corrected chi connectivity index (χ1v) is 6.31. The zero-order valence-electron chi connectivity index (χ0n) is 11.8. The van der Waals surface area contributed by atoms with Gasteiger partial charge in [0, 0.05) is 12.5 Å². The van der Waals surface area contributed by atoms with Crippen molar-refractivity contribution >= 4 is 11.9 Å². The Morgan fingerprint density at radius 3 is 2.68 bits per heavy atom. The third-order valence-corrected chi connectivity index (χ3v) is 2.66. The first kappa shape index (κ1) is 15.2. The Bertz CT molecular complexity index is 440. The second kappa shape index (κ2) is 6.92. The molecule has 6 heteroatoms. The average molecular weight is 268 g/mol. The van der Waals surface area contributed by atoms with E-state index in [9.17, 15) is 9.59 Å². The summed E-state index contributed by atoms with van der Waals surface area (Å²) in [6.45, 7) is 6.07. The molecule has 0 N–H and O–H groups in total. The van der Waals surface area contributed by atoms with Crippen LogP contribution >= 0.6 is 0 Å². The van der Waals surface area contributed by atoms with E-state index in [0.29, 0.717) is 12.3 Å². The van der Waals surface area contributed by atoms with Crippen LogP contribution in [-0.4, -0.2) is 34.9 Å². The van der Waals surface area contributed by atoms with Crippen molar-refractivity contribution in [1.29, 1.82) is 0 Å². The number of oxazole rings is 1. The molecule has 1 rings (SSSR count). The van der Waals surface area contributed by atoms with Gasteiger partial charge in [-0.2, -0.15) is 0 Å². The molecule has 0 aliphatic heterocycles. The van der Waals surface area contributed by atoms with Crippen LogP contribution in [0.15, 0.2) is 10.7 Å². The molecule has 0 aliphatic carbocycles. The Labute approximate surface area is 112 Å². The van der Waals surface area contributed by atoms with Gasteiger partial charge in [0.15, 0.2) is 5.69 Å². The van der Waals surface area contributed by atoms with Crippen LogP contribution in [0.1, 0.15) is 50.0 Å². The Kier molecular flexibility index (Phi) is 5.54. The first-order valence-electron chi connectivity index (χ1n) is 6.31. The third-order valence-electron chi connectivity index (χ3n) is 2.66. The summed E-state index contributed by atoms with van der Waals surface area (Å²) >= 11 is 0. The summed E-state index contributed by atoms with van der Waals surface area (Å²) in [4.78, 5) is 28.9. The average Bonchev–Trinajstić information content (AvgIpc) is 2.83. The van der Waals surface area contributed by atoms with E-state index in [-0.39, 0.29) is 24.2 Å². The number of ether oxygens (including phenoxy) is 1. The molecule has 0 aliphatic rings. The maximum Gasteiger partial charge on any atom is 0.360 e. The summed E-state index contributed by atoms with van der Waals surface area (Å²) < 4.78 is 9.74. The van der Waals surface area contributed by atoms with E-state index in [0.717, 1.165) is 6.42 Å². The zero-order valence-corrected chi connectivity index (χ0v) is 11.8. The van der Waals surface area contributed by atoms with Gasteiger partial charge in [0.1, 0.15) is 6.26 Å². The molecule has 6 nitrogen and oxygen atoms in total. The maximum absolute atomic E-state index is 12.0. The number of hydrogen-bond donors (Lipinski definition) is 0. The molecule has 1 aromatic rings. The van der Waals surface area contributed by atoms with Crippen LogP contribution in [0.2, 0.25) is 0 Å². The lowest BCUT2D eigenvalue weighted by molar-refractivity contribution is -0.133. The molecule has 0 saturated heterocycles. The van der Waals surface area contributed by atoms with Gasteiger partial charge in [-0.25, -0.2) is 9.78 Å². The fraction of sp³-hybridized carbons (Fsp3) is 0.615. The van der Waals surface area contributed by atoms with Crippen molar-refractivity contribution in [3.8, 4) is 0 Å². The second-order valence-electron chi connectivity index (χ2n) is 4.48. The minimum Gasteiger partial charge on any atom is -0.464 e. The van der Waals surface area contributed by atoms with Crippen molar-refractivity contribution in [2.75, 3.05) is 7.11 Å². The van der Waals surface area contributed by atoms with Gasteiger partial charge in [0.25, 0.3) is 0 Å². The van der Waals surface area contributed by atoms with Gasteiger partial charge >= 0.3 is 5.97 Å². The molecule has 0 saturated carbocycles. The quantitative estimate of drug-likeness (QED) is 0.738. The zero-order chi connectivity index (χ0) is 14.4. The monoisotopic (exact) mass is 268 g/mol. The first-order chi connectivity index (χ1) is 8.99. The minimum absolute atomic E-state index is 0.0486. The van der Waals surface area contributed by atoms with Gasteiger partial charge in [-0.1, -0.05) is 6.92 Å². The van der Waals surface area contributed by atoms with Crippen LogP contribution in [0.5, 0.6) is 0 Å². The Morgan fingerprint density at radius 2 is 2.16 bits per heavy atom. The van der Waals surface area contributed by atoms with Gasteiger partial charge in [0.05, 0.1) is 13.7 Å². The molecule has 1 aromatic heterocycles. The maximum atomic E-state index is 12.0. The highest BCUT2D eigenvalue weighted by Crippen LogP contribution is 2.11. The Balaban J connectivity index is 2.77. The van der Waals surface area contributed by atoms with E-state index in [4.69, 9.17) is 4.42 Å². The van der Waals surface area contributed by atoms with Crippen LogP contribution in [0.3, 0.4) is 0 Å². The number of carbonyl (C=O) groups is 2. The van der Waals surface area contributed by atoms with Crippen LogP contribution < -0.4 is 0 Å². The van der Waals surface area contributed by atoms with Crippen molar-refractivity contribution in [2.45, 2.75) is 46.2 Å². The van der Waals surface area contributed by atoms with Crippen LogP contribution in [-0.2, 0) is 16.1 Å². The summed E-state index contributed by atoms with van der Waals surface area (Å²) in [5.74, 6) is -0.167. The third kappa shape index (κ3) is 4.08. The highest BCUT2D eigenvalue weighted by atomic mass is 16.5. The van der Waals surface area contributed by atoms with E-state index < -0.39 is 5.97 Å². The van der Waals surface area contributed by atoms with Crippen molar-refractivity contribution in [1.82, 2.24) is 9.88 Å². The molecule has 0 radical (unpaired) electrons. The van der Waals surface area contributed by atoms with Gasteiger partial charge in [-0.3, -0.25) is 4.79 Å². The smallest absolute Gasteiger partial charge is 0.360 e. The van der Waals surface area contributed by atoms with Crippen LogP contribution in [0.4, 0.5) is 0 Å². The molecule has 0 atom stereocenters. The van der Waals surface area contributed by atoms with Gasteiger partial charge in [0.2, 0.25) is 11.8 Å². The normalized spacial score (nSPS) is 10.6. The molecule has 0 spiro atoms. The summed E-state index contributed by atoms with van der Waals surface area (Å²) in [7, 11) is 1.28. The van der Waals surface area contributed by atoms with Crippen molar-refractivity contribution in [2.24, 2.45) is 0 Å². The van der Waals surface area contributed by atoms with Crippen molar-refractivity contribution in [3.63, 3.8) is 0 Å². The van der Waals surface area contributed by atoms with Gasteiger partial charge in [-0.15, -0.1) is 0 Å². The fourth-order valence-corrected chi connectivity index (χ4v) is 1.64. The highest BCUT2D eigenvalue weighted by molar-refractivity contribution is 5.86. The molecule has 0 unspecified atom stereocenters. The van der Waals surface area contributed by atoms with Crippen molar-refractivity contribution in [3.05, 3.63) is 17.8 Å². The largest absolute Gasteiger partial charge is 0.464 e. The predicted octanol–water partition coefficient (Wildman–Crippen LogP) is 2.00. The SMILES string of the molecule is CCCC(=O)N(Cc1nc(C(=O)OC)co1)C(C)C. The van der Waals surface area contributed by atoms with Crippen molar-refractivity contribution < 1.29 is 18.7 Å². The topological polar surface area (TPSA) is 72.6 Å². The van der Waals surface area contributed by atoms with E-state index in [1.165, 1.54) is 13.4 Å².